The fraction of sp³-hybridized carbons (Fsp3) is 0.231. The molecule has 0 aliphatic heterocycles. The third kappa shape index (κ3) is 2.52. The van der Waals surface area contributed by atoms with Crippen molar-refractivity contribution in [2.24, 2.45) is 0 Å². The lowest BCUT2D eigenvalue weighted by Crippen LogP contribution is -2.09. The van der Waals surface area contributed by atoms with Crippen LogP contribution in [0.2, 0.25) is 0 Å². The van der Waals surface area contributed by atoms with Crippen LogP contribution in [0.3, 0.4) is 0 Å². The van der Waals surface area contributed by atoms with E-state index in [0.29, 0.717) is 11.4 Å². The Bertz CT molecular complexity index is 621. The van der Waals surface area contributed by atoms with Gasteiger partial charge in [-0.15, -0.1) is 0 Å². The first kappa shape index (κ1) is 13.3. The van der Waals surface area contributed by atoms with E-state index in [1.807, 2.05) is 0 Å². The smallest absolute Gasteiger partial charge is 0.383 e. The minimum Gasteiger partial charge on any atom is -0.383 e. The molecular formula is C13H12F3N3. The summed E-state index contributed by atoms with van der Waals surface area (Å²) < 4.78 is 39.0. The van der Waals surface area contributed by atoms with E-state index in [1.54, 1.807) is 13.8 Å². The molecule has 0 fully saturated rings. The summed E-state index contributed by atoms with van der Waals surface area (Å²) in [5.41, 5.74) is 5.64. The Balaban J connectivity index is 2.73. The Morgan fingerprint density at radius 3 is 2.32 bits per heavy atom. The van der Waals surface area contributed by atoms with Crippen molar-refractivity contribution in [3.63, 3.8) is 0 Å². The normalized spacial score (nSPS) is 11.6. The van der Waals surface area contributed by atoms with Crippen LogP contribution in [0.4, 0.5) is 19.0 Å². The molecule has 0 unspecified atom stereocenters. The lowest BCUT2D eigenvalue weighted by atomic mass is 10.0. The van der Waals surface area contributed by atoms with E-state index >= 15 is 0 Å². The lowest BCUT2D eigenvalue weighted by Gasteiger charge is -2.14. The second-order valence-electron chi connectivity index (χ2n) is 4.17. The van der Waals surface area contributed by atoms with Crippen molar-refractivity contribution in [2.75, 3.05) is 5.73 Å². The number of aromatic nitrogens is 2. The first-order valence-corrected chi connectivity index (χ1v) is 5.58. The molecule has 2 N–H and O–H groups in total. The van der Waals surface area contributed by atoms with Crippen LogP contribution in [0.25, 0.3) is 11.3 Å². The molecule has 0 saturated carbocycles. The summed E-state index contributed by atoms with van der Waals surface area (Å²) in [4.78, 5) is 8.02. The highest BCUT2D eigenvalue weighted by Crippen LogP contribution is 2.37. The zero-order chi connectivity index (χ0) is 14.2. The average molecular weight is 267 g/mol. The van der Waals surface area contributed by atoms with E-state index in [-0.39, 0.29) is 17.1 Å². The summed E-state index contributed by atoms with van der Waals surface area (Å²) in [5, 5.41) is 0. The maximum atomic E-state index is 13.0. The fourth-order valence-corrected chi connectivity index (χ4v) is 1.85. The maximum absolute atomic E-state index is 13.0. The van der Waals surface area contributed by atoms with Crippen molar-refractivity contribution < 1.29 is 13.2 Å². The Morgan fingerprint density at radius 2 is 1.68 bits per heavy atom. The van der Waals surface area contributed by atoms with Gasteiger partial charge in [-0.1, -0.05) is 18.2 Å². The number of benzene rings is 1. The number of nitrogens with two attached hydrogens (primary N) is 1. The average Bonchev–Trinajstić information content (AvgIpc) is 2.33. The third-order valence-corrected chi connectivity index (χ3v) is 2.78. The Hall–Kier alpha value is -2.11. The SMILES string of the molecule is Cc1nc(N)c(C)c(-c2ccccc2C(F)(F)F)n1. The van der Waals surface area contributed by atoms with E-state index in [1.165, 1.54) is 18.2 Å². The van der Waals surface area contributed by atoms with E-state index in [9.17, 15) is 13.2 Å². The van der Waals surface area contributed by atoms with Crippen molar-refractivity contribution in [1.82, 2.24) is 9.97 Å². The number of hydrogen-bond acceptors (Lipinski definition) is 3. The highest BCUT2D eigenvalue weighted by molar-refractivity contribution is 5.70. The number of hydrogen-bond donors (Lipinski definition) is 1. The van der Waals surface area contributed by atoms with Gasteiger partial charge in [-0.25, -0.2) is 9.97 Å². The molecule has 0 amide bonds. The molecule has 1 heterocycles. The first-order chi connectivity index (χ1) is 8.80. The second-order valence-corrected chi connectivity index (χ2v) is 4.17. The van der Waals surface area contributed by atoms with Crippen molar-refractivity contribution in [3.05, 3.63) is 41.2 Å². The summed E-state index contributed by atoms with van der Waals surface area (Å²) >= 11 is 0. The van der Waals surface area contributed by atoms with Gasteiger partial charge in [0.1, 0.15) is 11.6 Å². The first-order valence-electron chi connectivity index (χ1n) is 5.58. The van der Waals surface area contributed by atoms with Gasteiger partial charge < -0.3 is 5.73 Å². The Labute approximate surface area is 108 Å². The zero-order valence-electron chi connectivity index (χ0n) is 10.4. The number of rotatable bonds is 1. The summed E-state index contributed by atoms with van der Waals surface area (Å²) in [6.07, 6.45) is -4.43. The van der Waals surface area contributed by atoms with Gasteiger partial charge in [0.15, 0.2) is 0 Å². The number of halogens is 3. The van der Waals surface area contributed by atoms with Crippen LogP contribution in [0.5, 0.6) is 0 Å². The van der Waals surface area contributed by atoms with Crippen LogP contribution >= 0.6 is 0 Å². The van der Waals surface area contributed by atoms with Gasteiger partial charge in [-0.05, 0) is 19.9 Å². The van der Waals surface area contributed by atoms with Gasteiger partial charge in [-0.2, -0.15) is 13.2 Å². The molecule has 0 radical (unpaired) electrons. The molecule has 0 aliphatic rings. The lowest BCUT2D eigenvalue weighted by molar-refractivity contribution is -0.137. The quantitative estimate of drug-likeness (QED) is 0.861. The third-order valence-electron chi connectivity index (χ3n) is 2.78. The number of alkyl halides is 3. The van der Waals surface area contributed by atoms with Crippen LogP contribution in [-0.2, 0) is 6.18 Å². The van der Waals surface area contributed by atoms with Crippen molar-refractivity contribution in [1.29, 1.82) is 0 Å². The molecule has 2 rings (SSSR count). The number of nitrogens with zero attached hydrogens (tertiary/aromatic N) is 2. The fourth-order valence-electron chi connectivity index (χ4n) is 1.85. The minimum atomic E-state index is -4.43. The predicted molar refractivity (Wildman–Crippen MR) is 66.4 cm³/mol. The van der Waals surface area contributed by atoms with Crippen LogP contribution in [0.15, 0.2) is 24.3 Å². The molecule has 0 saturated heterocycles. The molecule has 0 aliphatic carbocycles. The molecule has 1 aromatic carbocycles. The molecule has 0 spiro atoms. The zero-order valence-corrected chi connectivity index (χ0v) is 10.4. The summed E-state index contributed by atoms with van der Waals surface area (Å²) in [6.45, 7) is 3.20. The van der Waals surface area contributed by atoms with Crippen molar-refractivity contribution >= 4 is 5.82 Å². The number of anilines is 1. The largest absolute Gasteiger partial charge is 0.417 e. The van der Waals surface area contributed by atoms with Gasteiger partial charge in [0, 0.05) is 11.1 Å². The molecular weight excluding hydrogens is 255 g/mol. The summed E-state index contributed by atoms with van der Waals surface area (Å²) in [5.74, 6) is 0.537. The minimum absolute atomic E-state index is 0.0182. The van der Waals surface area contributed by atoms with E-state index in [2.05, 4.69) is 9.97 Å². The number of aryl methyl sites for hydroxylation is 1. The molecule has 0 bridgehead atoms. The monoisotopic (exact) mass is 267 g/mol. The highest BCUT2D eigenvalue weighted by Gasteiger charge is 2.34. The molecule has 3 nitrogen and oxygen atoms in total. The maximum Gasteiger partial charge on any atom is 0.417 e. The van der Waals surface area contributed by atoms with E-state index < -0.39 is 11.7 Å². The molecule has 2 aromatic rings. The van der Waals surface area contributed by atoms with Crippen LogP contribution in [-0.4, -0.2) is 9.97 Å². The van der Waals surface area contributed by atoms with Gasteiger partial charge in [0.25, 0.3) is 0 Å². The van der Waals surface area contributed by atoms with Crippen LogP contribution < -0.4 is 5.73 Å². The molecule has 0 atom stereocenters. The highest BCUT2D eigenvalue weighted by atomic mass is 19.4. The Kier molecular flexibility index (Phi) is 3.18. The predicted octanol–water partition coefficient (Wildman–Crippen LogP) is 3.36. The molecule has 100 valence electrons. The van der Waals surface area contributed by atoms with Gasteiger partial charge in [0.05, 0.1) is 11.3 Å². The van der Waals surface area contributed by atoms with E-state index in [4.69, 9.17) is 5.73 Å². The Morgan fingerprint density at radius 1 is 1.05 bits per heavy atom. The van der Waals surface area contributed by atoms with Gasteiger partial charge >= 0.3 is 6.18 Å². The topological polar surface area (TPSA) is 51.8 Å². The van der Waals surface area contributed by atoms with Gasteiger partial charge in [-0.3, -0.25) is 0 Å². The van der Waals surface area contributed by atoms with Crippen molar-refractivity contribution in [2.45, 2.75) is 20.0 Å². The summed E-state index contributed by atoms with van der Waals surface area (Å²) in [7, 11) is 0. The van der Waals surface area contributed by atoms with Crippen LogP contribution in [0.1, 0.15) is 17.0 Å². The second kappa shape index (κ2) is 4.53. The molecule has 6 heteroatoms. The van der Waals surface area contributed by atoms with Gasteiger partial charge in [0.2, 0.25) is 0 Å². The molecule has 19 heavy (non-hydrogen) atoms. The molecule has 1 aromatic heterocycles. The number of nitrogen functional groups attached to an aromatic ring is 1. The van der Waals surface area contributed by atoms with Crippen molar-refractivity contribution in [3.8, 4) is 11.3 Å². The van der Waals surface area contributed by atoms with Crippen LogP contribution in [0, 0.1) is 13.8 Å². The standard InChI is InChI=1S/C13H12F3N3/c1-7-11(18-8(2)19-12(7)17)9-5-3-4-6-10(9)13(14,15)16/h3-6H,1-2H3,(H2,17,18,19). The van der Waals surface area contributed by atoms with E-state index in [0.717, 1.165) is 6.07 Å². The summed E-state index contributed by atoms with van der Waals surface area (Å²) in [6, 6.07) is 5.30.